The average molecular weight is 205 g/mol. The highest BCUT2D eigenvalue weighted by Gasteiger charge is 2.11. The fourth-order valence-electron chi connectivity index (χ4n) is 1.09. The third-order valence-corrected chi connectivity index (χ3v) is 2.21. The van der Waals surface area contributed by atoms with Gasteiger partial charge in [-0.05, 0) is 18.6 Å². The van der Waals surface area contributed by atoms with Crippen molar-refractivity contribution in [3.8, 4) is 0 Å². The number of carbonyl (C=O) groups excluding carboxylic acids is 1. The number of aromatic nitrogens is 3. The summed E-state index contributed by atoms with van der Waals surface area (Å²) >= 11 is 1.03. The van der Waals surface area contributed by atoms with Crippen molar-refractivity contribution >= 4 is 17.5 Å². The highest BCUT2D eigenvalue weighted by molar-refractivity contribution is 6.99. The molecule has 0 spiro atoms. The third-order valence-electron chi connectivity index (χ3n) is 1.73. The lowest BCUT2D eigenvalue weighted by atomic mass is 10.1. The van der Waals surface area contributed by atoms with Crippen LogP contribution in [0.1, 0.15) is 21.6 Å². The zero-order valence-electron chi connectivity index (χ0n) is 7.47. The van der Waals surface area contributed by atoms with Gasteiger partial charge >= 0.3 is 0 Å². The van der Waals surface area contributed by atoms with Crippen LogP contribution in [0, 0.1) is 6.92 Å². The number of nitrogens with zero attached hydrogens (tertiary/aromatic N) is 3. The minimum absolute atomic E-state index is 0.130. The molecule has 0 aromatic carbocycles. The fraction of sp³-hybridized carbons (Fsp3) is 0.111. The summed E-state index contributed by atoms with van der Waals surface area (Å²) in [4.78, 5) is 15.7. The summed E-state index contributed by atoms with van der Waals surface area (Å²) in [6.45, 7) is 1.89. The van der Waals surface area contributed by atoms with E-state index in [1.165, 1.54) is 12.4 Å². The first-order valence-electron chi connectivity index (χ1n) is 4.01. The van der Waals surface area contributed by atoms with E-state index < -0.39 is 0 Å². The van der Waals surface area contributed by atoms with Crippen LogP contribution in [0.3, 0.4) is 0 Å². The topological polar surface area (TPSA) is 55.7 Å². The average Bonchev–Trinajstić information content (AvgIpc) is 2.69. The van der Waals surface area contributed by atoms with Gasteiger partial charge in [0.25, 0.3) is 0 Å². The van der Waals surface area contributed by atoms with Crippen molar-refractivity contribution in [2.45, 2.75) is 6.92 Å². The molecule has 0 N–H and O–H groups in total. The molecule has 0 saturated heterocycles. The van der Waals surface area contributed by atoms with Gasteiger partial charge in [-0.15, -0.1) is 0 Å². The van der Waals surface area contributed by atoms with Crippen LogP contribution in [0.4, 0.5) is 0 Å². The van der Waals surface area contributed by atoms with Crippen molar-refractivity contribution < 1.29 is 4.79 Å². The number of carbonyl (C=O) groups is 1. The molecule has 0 unspecified atom stereocenters. The molecule has 14 heavy (non-hydrogen) atoms. The second kappa shape index (κ2) is 3.63. The summed E-state index contributed by atoms with van der Waals surface area (Å²) in [5.41, 5.74) is 1.89. The standard InChI is InChI=1S/C9H7N3OS/c1-6-2-7(4-10-3-6)9(13)8-5-11-14-12-8/h2-5H,1H3. The summed E-state index contributed by atoms with van der Waals surface area (Å²) in [7, 11) is 0. The molecule has 0 amide bonds. The van der Waals surface area contributed by atoms with Crippen LogP contribution in [0.5, 0.6) is 0 Å². The van der Waals surface area contributed by atoms with E-state index >= 15 is 0 Å². The number of hydrogen-bond acceptors (Lipinski definition) is 5. The van der Waals surface area contributed by atoms with Crippen LogP contribution in [-0.2, 0) is 0 Å². The maximum atomic E-state index is 11.7. The highest BCUT2D eigenvalue weighted by atomic mass is 32.1. The number of rotatable bonds is 2. The van der Waals surface area contributed by atoms with Crippen LogP contribution < -0.4 is 0 Å². The Kier molecular flexibility index (Phi) is 2.32. The lowest BCUT2D eigenvalue weighted by Gasteiger charge is -1.96. The molecule has 0 atom stereocenters. The van der Waals surface area contributed by atoms with Crippen LogP contribution in [0.25, 0.3) is 0 Å². The molecule has 0 radical (unpaired) electrons. The van der Waals surface area contributed by atoms with Crippen LogP contribution in [0.2, 0.25) is 0 Å². The zero-order chi connectivity index (χ0) is 9.97. The Morgan fingerprint density at radius 1 is 1.36 bits per heavy atom. The van der Waals surface area contributed by atoms with Crippen molar-refractivity contribution in [1.82, 2.24) is 13.7 Å². The van der Waals surface area contributed by atoms with E-state index in [-0.39, 0.29) is 5.78 Å². The summed E-state index contributed by atoms with van der Waals surface area (Å²) in [6.07, 6.45) is 4.71. The monoisotopic (exact) mass is 205 g/mol. The van der Waals surface area contributed by atoms with Gasteiger partial charge in [0.1, 0.15) is 5.69 Å². The van der Waals surface area contributed by atoms with Gasteiger partial charge in [0, 0.05) is 18.0 Å². The maximum Gasteiger partial charge on any atom is 0.215 e. The molecule has 0 saturated carbocycles. The van der Waals surface area contributed by atoms with Gasteiger partial charge in [0.2, 0.25) is 5.78 Å². The Balaban J connectivity index is 2.37. The smallest absolute Gasteiger partial charge is 0.215 e. The number of aryl methyl sites for hydroxylation is 1. The van der Waals surface area contributed by atoms with E-state index in [1.54, 1.807) is 12.3 Å². The van der Waals surface area contributed by atoms with Gasteiger partial charge in [0.05, 0.1) is 17.9 Å². The van der Waals surface area contributed by atoms with E-state index in [2.05, 4.69) is 13.7 Å². The highest BCUT2D eigenvalue weighted by Crippen LogP contribution is 2.08. The lowest BCUT2D eigenvalue weighted by molar-refractivity contribution is 0.103. The van der Waals surface area contributed by atoms with Gasteiger partial charge in [-0.2, -0.15) is 8.75 Å². The predicted molar refractivity (Wildman–Crippen MR) is 52.3 cm³/mol. The second-order valence-electron chi connectivity index (χ2n) is 2.87. The van der Waals surface area contributed by atoms with Crippen molar-refractivity contribution in [3.63, 3.8) is 0 Å². The Morgan fingerprint density at radius 2 is 2.21 bits per heavy atom. The first-order valence-corrected chi connectivity index (χ1v) is 4.74. The lowest BCUT2D eigenvalue weighted by Crippen LogP contribution is -2.02. The zero-order valence-corrected chi connectivity index (χ0v) is 8.28. The molecule has 2 rings (SSSR count). The Labute approximate surface area is 85.0 Å². The van der Waals surface area contributed by atoms with Gasteiger partial charge in [-0.25, -0.2) is 0 Å². The molecule has 2 heterocycles. The predicted octanol–water partition coefficient (Wildman–Crippen LogP) is 1.47. The minimum Gasteiger partial charge on any atom is -0.287 e. The molecule has 0 aliphatic rings. The van der Waals surface area contributed by atoms with E-state index in [1.807, 2.05) is 6.92 Å². The summed E-state index contributed by atoms with van der Waals surface area (Å²) in [6, 6.07) is 1.79. The van der Waals surface area contributed by atoms with Crippen LogP contribution in [-0.4, -0.2) is 19.5 Å². The van der Waals surface area contributed by atoms with E-state index in [0.717, 1.165) is 17.3 Å². The van der Waals surface area contributed by atoms with Crippen LogP contribution in [0.15, 0.2) is 24.7 Å². The second-order valence-corrected chi connectivity index (χ2v) is 3.43. The maximum absolute atomic E-state index is 11.7. The van der Waals surface area contributed by atoms with Gasteiger partial charge in [0.15, 0.2) is 0 Å². The molecule has 70 valence electrons. The van der Waals surface area contributed by atoms with Crippen molar-refractivity contribution in [1.29, 1.82) is 0 Å². The first-order chi connectivity index (χ1) is 6.77. The number of pyridine rings is 1. The molecule has 0 aliphatic carbocycles. The molecule has 5 heteroatoms. The Morgan fingerprint density at radius 3 is 2.86 bits per heavy atom. The van der Waals surface area contributed by atoms with Crippen molar-refractivity contribution in [3.05, 3.63) is 41.5 Å². The quantitative estimate of drug-likeness (QED) is 0.697. The minimum atomic E-state index is -0.130. The van der Waals surface area contributed by atoms with Gasteiger partial charge in [-0.1, -0.05) is 0 Å². The Bertz CT molecular complexity index is 453. The van der Waals surface area contributed by atoms with Gasteiger partial charge < -0.3 is 0 Å². The molecule has 0 fully saturated rings. The van der Waals surface area contributed by atoms with Crippen molar-refractivity contribution in [2.75, 3.05) is 0 Å². The molecule has 0 bridgehead atoms. The molecular weight excluding hydrogens is 198 g/mol. The summed E-state index contributed by atoms with van der Waals surface area (Å²) < 4.78 is 7.66. The number of hydrogen-bond donors (Lipinski definition) is 0. The summed E-state index contributed by atoms with van der Waals surface area (Å²) in [5.74, 6) is -0.130. The summed E-state index contributed by atoms with van der Waals surface area (Å²) in [5, 5.41) is 0. The van der Waals surface area contributed by atoms with E-state index in [9.17, 15) is 4.79 Å². The fourth-order valence-corrected chi connectivity index (χ4v) is 1.50. The normalized spacial score (nSPS) is 10.1. The van der Waals surface area contributed by atoms with E-state index in [0.29, 0.717) is 11.3 Å². The first kappa shape index (κ1) is 8.96. The molecule has 2 aromatic heterocycles. The van der Waals surface area contributed by atoms with Crippen molar-refractivity contribution in [2.24, 2.45) is 0 Å². The number of ketones is 1. The molecular formula is C9H7N3OS. The molecule has 2 aromatic rings. The largest absolute Gasteiger partial charge is 0.287 e. The van der Waals surface area contributed by atoms with E-state index in [4.69, 9.17) is 0 Å². The van der Waals surface area contributed by atoms with Crippen LogP contribution >= 0.6 is 11.7 Å². The molecule has 4 nitrogen and oxygen atoms in total. The van der Waals surface area contributed by atoms with Gasteiger partial charge in [-0.3, -0.25) is 9.78 Å². The Hall–Kier alpha value is -1.62. The third kappa shape index (κ3) is 1.67. The molecule has 0 aliphatic heterocycles. The SMILES string of the molecule is Cc1cncc(C(=O)c2cnsn2)c1.